The molecule has 7 nitrogen and oxygen atoms in total. The van der Waals surface area contributed by atoms with E-state index in [1.807, 2.05) is 26.8 Å². The second kappa shape index (κ2) is 8.12. The number of rotatable bonds is 6. The summed E-state index contributed by atoms with van der Waals surface area (Å²) in [5.41, 5.74) is 2.00. The van der Waals surface area contributed by atoms with Crippen LogP contribution in [0.25, 0.3) is 0 Å². The van der Waals surface area contributed by atoms with Gasteiger partial charge in [-0.1, -0.05) is 0 Å². The molecule has 2 heterocycles. The highest BCUT2D eigenvalue weighted by Gasteiger charge is 2.30. The standard InChI is InChI=1S/C19H25N5O2/c1-4-26-16-9-8-12(2)22-18(16)19(25)24-15-7-5-6-14(15)23-17-11-20-13(3)10-21-17/h8-11,14-15H,4-7H2,1-3H3,(H,21,23)(H,24,25)/t14-,15-/m0/s1. The largest absolute Gasteiger partial charge is 0.491 e. The van der Waals surface area contributed by atoms with Crippen LogP contribution in [0.2, 0.25) is 0 Å². The quantitative estimate of drug-likeness (QED) is 0.828. The second-order valence-electron chi connectivity index (χ2n) is 6.54. The zero-order valence-corrected chi connectivity index (χ0v) is 15.5. The normalized spacial score (nSPS) is 19.2. The highest BCUT2D eigenvalue weighted by molar-refractivity contribution is 5.95. The smallest absolute Gasteiger partial charge is 0.274 e. The number of ether oxygens (including phenoxy) is 1. The number of hydrogen-bond acceptors (Lipinski definition) is 6. The van der Waals surface area contributed by atoms with Gasteiger partial charge in [0, 0.05) is 17.8 Å². The number of carbonyl (C=O) groups excluding carboxylic acids is 1. The first kappa shape index (κ1) is 18.1. The van der Waals surface area contributed by atoms with Crippen molar-refractivity contribution in [3.63, 3.8) is 0 Å². The first-order valence-corrected chi connectivity index (χ1v) is 9.03. The molecule has 2 aromatic rings. The van der Waals surface area contributed by atoms with Gasteiger partial charge >= 0.3 is 0 Å². The molecule has 2 aromatic heterocycles. The molecule has 2 atom stereocenters. The van der Waals surface area contributed by atoms with Gasteiger partial charge in [0.2, 0.25) is 0 Å². The Bertz CT molecular complexity index is 763. The predicted octanol–water partition coefficient (Wildman–Crippen LogP) is 2.65. The molecule has 2 N–H and O–H groups in total. The molecule has 0 saturated heterocycles. The van der Waals surface area contributed by atoms with E-state index < -0.39 is 0 Å². The minimum atomic E-state index is -0.203. The Morgan fingerprint density at radius 1 is 1.15 bits per heavy atom. The van der Waals surface area contributed by atoms with E-state index >= 15 is 0 Å². The summed E-state index contributed by atoms with van der Waals surface area (Å²) in [4.78, 5) is 25.8. The summed E-state index contributed by atoms with van der Waals surface area (Å²) in [6, 6.07) is 3.78. The average Bonchev–Trinajstić information content (AvgIpc) is 3.05. The second-order valence-corrected chi connectivity index (χ2v) is 6.54. The van der Waals surface area contributed by atoms with Crippen molar-refractivity contribution in [2.24, 2.45) is 0 Å². The lowest BCUT2D eigenvalue weighted by Crippen LogP contribution is -2.43. The molecular formula is C19H25N5O2. The first-order chi connectivity index (χ1) is 12.6. The summed E-state index contributed by atoms with van der Waals surface area (Å²) in [5.74, 6) is 1.04. The van der Waals surface area contributed by atoms with Gasteiger partial charge in [-0.3, -0.25) is 9.78 Å². The Labute approximate surface area is 153 Å². The van der Waals surface area contributed by atoms with Crippen LogP contribution in [-0.4, -0.2) is 39.5 Å². The number of hydrogen-bond donors (Lipinski definition) is 2. The van der Waals surface area contributed by atoms with E-state index in [0.29, 0.717) is 18.1 Å². The van der Waals surface area contributed by atoms with Crippen molar-refractivity contribution in [2.45, 2.75) is 52.1 Å². The minimum Gasteiger partial charge on any atom is -0.491 e. The Kier molecular flexibility index (Phi) is 5.65. The molecule has 3 rings (SSSR count). The van der Waals surface area contributed by atoms with E-state index in [-0.39, 0.29) is 18.0 Å². The Morgan fingerprint density at radius 3 is 2.69 bits per heavy atom. The third kappa shape index (κ3) is 4.28. The third-order valence-electron chi connectivity index (χ3n) is 4.46. The molecule has 0 aliphatic heterocycles. The van der Waals surface area contributed by atoms with Crippen LogP contribution in [0.1, 0.15) is 48.1 Å². The maximum atomic E-state index is 12.8. The van der Waals surface area contributed by atoms with E-state index in [1.165, 1.54) is 0 Å². The van der Waals surface area contributed by atoms with Crippen LogP contribution < -0.4 is 15.4 Å². The summed E-state index contributed by atoms with van der Waals surface area (Å²) in [5, 5.41) is 6.50. The van der Waals surface area contributed by atoms with Crippen LogP contribution in [0.3, 0.4) is 0 Å². The maximum Gasteiger partial charge on any atom is 0.274 e. The Balaban J connectivity index is 1.70. The molecule has 0 bridgehead atoms. The number of nitrogens with one attached hydrogen (secondary N) is 2. The molecule has 138 valence electrons. The number of aromatic nitrogens is 3. The maximum absolute atomic E-state index is 12.8. The minimum absolute atomic E-state index is 0.0161. The van der Waals surface area contributed by atoms with E-state index in [4.69, 9.17) is 4.74 Å². The van der Waals surface area contributed by atoms with E-state index in [9.17, 15) is 4.79 Å². The van der Waals surface area contributed by atoms with Gasteiger partial charge in [0.1, 0.15) is 5.82 Å². The lowest BCUT2D eigenvalue weighted by molar-refractivity contribution is 0.0926. The van der Waals surface area contributed by atoms with Crippen molar-refractivity contribution in [2.75, 3.05) is 11.9 Å². The summed E-state index contributed by atoms with van der Waals surface area (Å²) in [6.07, 6.45) is 6.39. The number of anilines is 1. The van der Waals surface area contributed by atoms with Crippen molar-refractivity contribution < 1.29 is 9.53 Å². The third-order valence-corrected chi connectivity index (χ3v) is 4.46. The van der Waals surface area contributed by atoms with Crippen molar-refractivity contribution >= 4 is 11.7 Å². The summed E-state index contributed by atoms with van der Waals surface area (Å²) >= 11 is 0. The van der Waals surface area contributed by atoms with Gasteiger partial charge in [-0.2, -0.15) is 0 Å². The molecule has 0 aromatic carbocycles. The summed E-state index contributed by atoms with van der Waals surface area (Å²) in [6.45, 7) is 6.15. The van der Waals surface area contributed by atoms with Crippen LogP contribution in [0, 0.1) is 13.8 Å². The fourth-order valence-electron chi connectivity index (χ4n) is 3.18. The van der Waals surface area contributed by atoms with Crippen LogP contribution in [0.4, 0.5) is 5.82 Å². The average molecular weight is 355 g/mol. The van der Waals surface area contributed by atoms with Gasteiger partial charge in [0.05, 0.1) is 24.7 Å². The van der Waals surface area contributed by atoms with Gasteiger partial charge < -0.3 is 15.4 Å². The topological polar surface area (TPSA) is 89.0 Å². The summed E-state index contributed by atoms with van der Waals surface area (Å²) < 4.78 is 5.55. The molecule has 0 spiro atoms. The highest BCUT2D eigenvalue weighted by atomic mass is 16.5. The molecule has 1 aliphatic rings. The van der Waals surface area contributed by atoms with Crippen LogP contribution >= 0.6 is 0 Å². The number of nitrogens with zero attached hydrogens (tertiary/aromatic N) is 3. The predicted molar refractivity (Wildman–Crippen MR) is 99.4 cm³/mol. The van der Waals surface area contributed by atoms with Crippen LogP contribution in [-0.2, 0) is 0 Å². The fraction of sp³-hybridized carbons (Fsp3) is 0.474. The highest BCUT2D eigenvalue weighted by Crippen LogP contribution is 2.24. The van der Waals surface area contributed by atoms with Crippen molar-refractivity contribution in [3.8, 4) is 5.75 Å². The SMILES string of the molecule is CCOc1ccc(C)nc1C(=O)N[C@H]1CCC[C@@H]1Nc1cnc(C)cn1. The molecule has 1 aliphatic carbocycles. The molecular weight excluding hydrogens is 330 g/mol. The number of amides is 1. The lowest BCUT2D eigenvalue weighted by Gasteiger charge is -2.23. The van der Waals surface area contributed by atoms with E-state index in [2.05, 4.69) is 25.6 Å². The molecule has 0 radical (unpaired) electrons. The fourth-order valence-corrected chi connectivity index (χ4v) is 3.18. The van der Waals surface area contributed by atoms with Gasteiger partial charge in [-0.25, -0.2) is 9.97 Å². The van der Waals surface area contributed by atoms with E-state index in [1.54, 1.807) is 18.5 Å². The van der Waals surface area contributed by atoms with Gasteiger partial charge in [-0.15, -0.1) is 0 Å². The van der Waals surface area contributed by atoms with Crippen molar-refractivity contribution in [1.82, 2.24) is 20.3 Å². The van der Waals surface area contributed by atoms with Gasteiger partial charge in [-0.05, 0) is 52.2 Å². The van der Waals surface area contributed by atoms with Crippen molar-refractivity contribution in [1.29, 1.82) is 0 Å². The molecule has 0 unspecified atom stereocenters. The molecule has 1 saturated carbocycles. The number of aryl methyl sites for hydroxylation is 2. The van der Waals surface area contributed by atoms with E-state index in [0.717, 1.165) is 36.5 Å². The number of carbonyl (C=O) groups is 1. The van der Waals surface area contributed by atoms with Crippen molar-refractivity contribution in [3.05, 3.63) is 41.6 Å². The summed E-state index contributed by atoms with van der Waals surface area (Å²) in [7, 11) is 0. The number of pyridine rings is 1. The Morgan fingerprint density at radius 2 is 1.96 bits per heavy atom. The zero-order chi connectivity index (χ0) is 18.5. The molecule has 1 fully saturated rings. The molecule has 26 heavy (non-hydrogen) atoms. The lowest BCUT2D eigenvalue weighted by atomic mass is 10.1. The first-order valence-electron chi connectivity index (χ1n) is 9.03. The van der Waals surface area contributed by atoms with Gasteiger partial charge in [0.15, 0.2) is 11.4 Å². The van der Waals surface area contributed by atoms with Gasteiger partial charge in [0.25, 0.3) is 5.91 Å². The van der Waals surface area contributed by atoms with Crippen LogP contribution in [0.5, 0.6) is 5.75 Å². The Hall–Kier alpha value is -2.70. The monoisotopic (exact) mass is 355 g/mol. The van der Waals surface area contributed by atoms with Crippen LogP contribution in [0.15, 0.2) is 24.5 Å². The molecule has 1 amide bonds. The zero-order valence-electron chi connectivity index (χ0n) is 15.5. The molecule has 7 heteroatoms.